The highest BCUT2D eigenvalue weighted by Crippen LogP contribution is 2.35. The summed E-state index contributed by atoms with van der Waals surface area (Å²) in [6, 6.07) is 6.85. The molecule has 0 atom stereocenters. The van der Waals surface area contributed by atoms with Gasteiger partial charge < -0.3 is 0 Å². The molecule has 2 aromatic rings. The van der Waals surface area contributed by atoms with Gasteiger partial charge in [-0.25, -0.2) is 12.8 Å². The number of hydrogen-bond acceptors (Lipinski definition) is 2. The third kappa shape index (κ3) is 3.74. The van der Waals surface area contributed by atoms with Gasteiger partial charge in [0.25, 0.3) is 9.05 Å². The molecule has 0 aliphatic rings. The van der Waals surface area contributed by atoms with Crippen LogP contribution < -0.4 is 0 Å². The summed E-state index contributed by atoms with van der Waals surface area (Å²) in [7, 11) is 0.784. The van der Waals surface area contributed by atoms with Gasteiger partial charge in [0.05, 0.1) is 10.5 Å². The van der Waals surface area contributed by atoms with Crippen molar-refractivity contribution in [1.82, 2.24) is 0 Å². The predicted octanol–water partition coefficient (Wildman–Crippen LogP) is 4.44. The second-order valence-corrected chi connectivity index (χ2v) is 6.75. The number of halogens is 5. The monoisotopic (exact) mass is 338 g/mol. The van der Waals surface area contributed by atoms with Crippen molar-refractivity contribution in [3.63, 3.8) is 0 Å². The Hall–Kier alpha value is -1.60. The first kappa shape index (κ1) is 15.8. The molecule has 0 radical (unpaired) electrons. The van der Waals surface area contributed by atoms with Crippen LogP contribution in [0.15, 0.2) is 47.4 Å². The predicted molar refractivity (Wildman–Crippen MR) is 69.9 cm³/mol. The van der Waals surface area contributed by atoms with Crippen LogP contribution in [0, 0.1) is 5.82 Å². The molecule has 0 amide bonds. The fourth-order valence-electron chi connectivity index (χ4n) is 1.71. The second kappa shape index (κ2) is 5.31. The van der Waals surface area contributed by atoms with Crippen LogP contribution in [-0.4, -0.2) is 8.42 Å². The number of rotatable bonds is 2. The molecule has 0 bridgehead atoms. The first-order chi connectivity index (χ1) is 9.57. The third-order valence-corrected chi connectivity index (χ3v) is 4.03. The Kier molecular flexibility index (Phi) is 3.99. The van der Waals surface area contributed by atoms with Gasteiger partial charge >= 0.3 is 6.18 Å². The molecule has 0 saturated heterocycles. The van der Waals surface area contributed by atoms with Crippen LogP contribution in [0.3, 0.4) is 0 Å². The van der Waals surface area contributed by atoms with Crippen LogP contribution in [0.4, 0.5) is 17.6 Å². The van der Waals surface area contributed by atoms with Gasteiger partial charge in [-0.1, -0.05) is 12.1 Å². The summed E-state index contributed by atoms with van der Waals surface area (Å²) < 4.78 is 73.9. The minimum Gasteiger partial charge on any atom is -0.207 e. The van der Waals surface area contributed by atoms with E-state index in [4.69, 9.17) is 10.7 Å². The van der Waals surface area contributed by atoms with E-state index < -0.39 is 31.5 Å². The largest absolute Gasteiger partial charge is 0.416 e. The lowest BCUT2D eigenvalue weighted by Gasteiger charge is -2.11. The van der Waals surface area contributed by atoms with Crippen LogP contribution in [0.1, 0.15) is 5.56 Å². The van der Waals surface area contributed by atoms with Gasteiger partial charge in [-0.2, -0.15) is 13.2 Å². The molecule has 0 unspecified atom stereocenters. The van der Waals surface area contributed by atoms with E-state index in [1.807, 2.05) is 0 Å². The SMILES string of the molecule is O=S(=O)(Cl)c1cc(-c2ccc(F)cc2)cc(C(F)(F)F)c1. The van der Waals surface area contributed by atoms with E-state index in [-0.39, 0.29) is 11.1 Å². The number of hydrogen-bond donors (Lipinski definition) is 0. The Labute approximate surface area is 122 Å². The highest BCUT2D eigenvalue weighted by Gasteiger charge is 2.32. The Morgan fingerprint density at radius 2 is 1.48 bits per heavy atom. The second-order valence-electron chi connectivity index (χ2n) is 4.19. The van der Waals surface area contributed by atoms with Gasteiger partial charge in [0.2, 0.25) is 0 Å². The van der Waals surface area contributed by atoms with Crippen molar-refractivity contribution >= 4 is 19.7 Å². The van der Waals surface area contributed by atoms with E-state index in [2.05, 4.69) is 0 Å². The summed E-state index contributed by atoms with van der Waals surface area (Å²) in [5.41, 5.74) is -0.934. The molecule has 21 heavy (non-hydrogen) atoms. The lowest BCUT2D eigenvalue weighted by molar-refractivity contribution is -0.137. The quantitative estimate of drug-likeness (QED) is 0.599. The molecule has 0 heterocycles. The summed E-state index contributed by atoms with van der Waals surface area (Å²) in [6.45, 7) is 0. The highest BCUT2D eigenvalue weighted by molar-refractivity contribution is 8.13. The number of benzene rings is 2. The standard InChI is InChI=1S/C13H7ClF4O2S/c14-21(19,20)12-6-9(5-10(7-12)13(16,17)18)8-1-3-11(15)4-2-8/h1-7H. The molecular weight excluding hydrogens is 332 g/mol. The van der Waals surface area contributed by atoms with Gasteiger partial charge in [0, 0.05) is 10.7 Å². The molecule has 0 fully saturated rings. The maximum atomic E-state index is 12.8. The summed E-state index contributed by atoms with van der Waals surface area (Å²) >= 11 is 0. The summed E-state index contributed by atoms with van der Waals surface area (Å²) in [5, 5.41) is 0. The summed E-state index contributed by atoms with van der Waals surface area (Å²) in [6.07, 6.45) is -4.73. The molecule has 0 aliphatic carbocycles. The fraction of sp³-hybridized carbons (Fsp3) is 0.0769. The van der Waals surface area contributed by atoms with E-state index in [1.54, 1.807) is 0 Å². The molecule has 8 heteroatoms. The zero-order valence-corrected chi connectivity index (χ0v) is 11.7. The van der Waals surface area contributed by atoms with E-state index >= 15 is 0 Å². The molecule has 0 saturated carbocycles. The smallest absolute Gasteiger partial charge is 0.207 e. The van der Waals surface area contributed by atoms with Crippen molar-refractivity contribution in [3.8, 4) is 11.1 Å². The Balaban J connectivity index is 2.69. The topological polar surface area (TPSA) is 34.1 Å². The molecule has 0 aromatic heterocycles. The van der Waals surface area contributed by atoms with Crippen molar-refractivity contribution < 1.29 is 26.0 Å². The molecule has 112 valence electrons. The summed E-state index contributed by atoms with van der Waals surface area (Å²) in [4.78, 5) is -0.668. The first-order valence-electron chi connectivity index (χ1n) is 5.50. The van der Waals surface area contributed by atoms with Gasteiger partial charge in [-0.3, -0.25) is 0 Å². The Morgan fingerprint density at radius 3 is 1.95 bits per heavy atom. The summed E-state index contributed by atoms with van der Waals surface area (Å²) in [5.74, 6) is -0.559. The minimum atomic E-state index is -4.73. The van der Waals surface area contributed by atoms with E-state index in [0.29, 0.717) is 6.07 Å². The first-order valence-corrected chi connectivity index (χ1v) is 7.81. The highest BCUT2D eigenvalue weighted by atomic mass is 35.7. The average Bonchev–Trinajstić information content (AvgIpc) is 2.37. The van der Waals surface area contributed by atoms with Gasteiger partial charge in [0.15, 0.2) is 0 Å². The van der Waals surface area contributed by atoms with Crippen LogP contribution >= 0.6 is 10.7 Å². The van der Waals surface area contributed by atoms with E-state index in [1.165, 1.54) is 12.1 Å². The lowest BCUT2D eigenvalue weighted by atomic mass is 10.0. The van der Waals surface area contributed by atoms with Crippen LogP contribution in [0.5, 0.6) is 0 Å². The Bertz CT molecular complexity index is 768. The normalized spacial score (nSPS) is 12.4. The van der Waals surface area contributed by atoms with Crippen molar-refractivity contribution in [3.05, 3.63) is 53.8 Å². The van der Waals surface area contributed by atoms with E-state index in [9.17, 15) is 26.0 Å². The zero-order valence-electron chi connectivity index (χ0n) is 10.2. The van der Waals surface area contributed by atoms with Crippen molar-refractivity contribution in [2.75, 3.05) is 0 Å². The van der Waals surface area contributed by atoms with Gasteiger partial charge in [-0.05, 0) is 41.5 Å². The van der Waals surface area contributed by atoms with Crippen LogP contribution in [-0.2, 0) is 15.2 Å². The van der Waals surface area contributed by atoms with E-state index in [0.717, 1.165) is 24.3 Å². The van der Waals surface area contributed by atoms with Crippen molar-refractivity contribution in [2.45, 2.75) is 11.1 Å². The number of alkyl halides is 3. The molecule has 0 aliphatic heterocycles. The Morgan fingerprint density at radius 1 is 0.905 bits per heavy atom. The zero-order chi connectivity index (χ0) is 15.8. The minimum absolute atomic E-state index is 0.0240. The van der Waals surface area contributed by atoms with Crippen molar-refractivity contribution in [1.29, 1.82) is 0 Å². The molecule has 0 N–H and O–H groups in total. The van der Waals surface area contributed by atoms with Crippen molar-refractivity contribution in [2.24, 2.45) is 0 Å². The maximum absolute atomic E-state index is 12.8. The third-order valence-electron chi connectivity index (χ3n) is 2.69. The fourth-order valence-corrected chi connectivity index (χ4v) is 2.52. The molecule has 2 rings (SSSR count). The maximum Gasteiger partial charge on any atom is 0.416 e. The molecule has 0 spiro atoms. The van der Waals surface area contributed by atoms with Crippen LogP contribution in [0.2, 0.25) is 0 Å². The molecule has 2 aromatic carbocycles. The molecular formula is C13H7ClF4O2S. The van der Waals surface area contributed by atoms with Gasteiger partial charge in [0.1, 0.15) is 5.82 Å². The van der Waals surface area contributed by atoms with Gasteiger partial charge in [-0.15, -0.1) is 0 Å². The average molecular weight is 339 g/mol. The van der Waals surface area contributed by atoms with Crippen LogP contribution in [0.25, 0.3) is 11.1 Å². The lowest BCUT2D eigenvalue weighted by Crippen LogP contribution is -2.07. The molecule has 2 nitrogen and oxygen atoms in total.